The summed E-state index contributed by atoms with van der Waals surface area (Å²) < 4.78 is 48.4. The van der Waals surface area contributed by atoms with Crippen LogP contribution in [0.25, 0.3) is 0 Å². The van der Waals surface area contributed by atoms with Gasteiger partial charge in [0.05, 0.1) is 19.3 Å². The second-order valence-corrected chi connectivity index (χ2v) is 11.3. The molecule has 9 heteroatoms. The Kier molecular flexibility index (Phi) is 5.19. The van der Waals surface area contributed by atoms with Crippen molar-refractivity contribution >= 4 is 11.7 Å². The van der Waals surface area contributed by atoms with Crippen LogP contribution in [0.5, 0.6) is 5.75 Å². The minimum atomic E-state index is -4.50. The third-order valence-corrected chi connectivity index (χ3v) is 7.64. The molecule has 2 bridgehead atoms. The van der Waals surface area contributed by atoms with Crippen molar-refractivity contribution in [1.29, 1.82) is 0 Å². The van der Waals surface area contributed by atoms with Crippen molar-refractivity contribution in [3.05, 3.63) is 41.6 Å². The molecule has 184 valence electrons. The molecule has 2 aromatic rings. The van der Waals surface area contributed by atoms with Gasteiger partial charge in [-0.3, -0.25) is 4.79 Å². The molecule has 3 aliphatic rings. The van der Waals surface area contributed by atoms with E-state index >= 15 is 0 Å². The average molecular weight is 477 g/mol. The quantitative estimate of drug-likeness (QED) is 0.627. The summed E-state index contributed by atoms with van der Waals surface area (Å²) in [7, 11) is 1.52. The van der Waals surface area contributed by atoms with Gasteiger partial charge >= 0.3 is 6.18 Å². The molecule has 34 heavy (non-hydrogen) atoms. The van der Waals surface area contributed by atoms with Crippen LogP contribution in [0.1, 0.15) is 74.5 Å². The first kappa shape index (κ1) is 23.1. The van der Waals surface area contributed by atoms with Crippen molar-refractivity contribution in [2.24, 2.45) is 10.8 Å². The Morgan fingerprint density at radius 1 is 1.24 bits per heavy atom. The topological polar surface area (TPSA) is 59.4 Å². The van der Waals surface area contributed by atoms with E-state index < -0.39 is 18.3 Å². The largest absolute Gasteiger partial charge is 0.497 e. The highest BCUT2D eigenvalue weighted by Crippen LogP contribution is 2.53. The minimum absolute atomic E-state index is 0.0281. The summed E-state index contributed by atoms with van der Waals surface area (Å²) in [6, 6.07) is 4.64. The normalized spacial score (nSPS) is 30.0. The second-order valence-electron chi connectivity index (χ2n) is 11.3. The third kappa shape index (κ3) is 3.92. The van der Waals surface area contributed by atoms with Gasteiger partial charge in [-0.25, -0.2) is 4.68 Å². The molecule has 2 unspecified atom stereocenters. The Bertz CT molecular complexity index is 1110. The molecule has 6 nitrogen and oxygen atoms in total. The molecule has 5 rings (SSSR count). The molecule has 2 aliphatic heterocycles. The fourth-order valence-corrected chi connectivity index (χ4v) is 6.65. The van der Waals surface area contributed by atoms with Gasteiger partial charge in [-0.1, -0.05) is 32.9 Å². The van der Waals surface area contributed by atoms with Gasteiger partial charge in [-0.2, -0.15) is 18.3 Å². The van der Waals surface area contributed by atoms with Gasteiger partial charge in [0.15, 0.2) is 6.04 Å². The van der Waals surface area contributed by atoms with E-state index in [0.717, 1.165) is 23.9 Å². The van der Waals surface area contributed by atoms with Crippen molar-refractivity contribution in [1.82, 2.24) is 14.7 Å². The van der Waals surface area contributed by atoms with Gasteiger partial charge in [0.2, 0.25) is 0 Å². The standard InChI is InChI=1S/C25H31F3N4O2/c1-23(2)10-16-11-24(3,13-23)14-31(16)22(33)18-12-29-32-20(25(26,27)28)9-19(30-21(18)32)15-6-5-7-17(8-15)34-4/h5-8,12,16,19-20,30H,9-11,13-14H2,1-4H3/t16?,19-,20+,24?/m1/s1. The number of aromatic nitrogens is 2. The number of hydrogen-bond acceptors (Lipinski definition) is 4. The van der Waals surface area contributed by atoms with Gasteiger partial charge < -0.3 is 15.0 Å². The molecule has 1 saturated heterocycles. The zero-order chi connectivity index (χ0) is 24.5. The molecule has 0 spiro atoms. The van der Waals surface area contributed by atoms with Gasteiger partial charge in [0.25, 0.3) is 5.91 Å². The number of likely N-dealkylation sites (tertiary alicyclic amines) is 1. The molecule has 1 aliphatic carbocycles. The lowest BCUT2D eigenvalue weighted by Crippen LogP contribution is -2.39. The number of nitrogens with zero attached hydrogens (tertiary/aromatic N) is 3. The van der Waals surface area contributed by atoms with Crippen LogP contribution in [-0.4, -0.2) is 46.5 Å². The number of halogens is 3. The molecule has 1 N–H and O–H groups in total. The van der Waals surface area contributed by atoms with Crippen LogP contribution in [0.3, 0.4) is 0 Å². The zero-order valence-electron chi connectivity index (χ0n) is 19.9. The Balaban J connectivity index is 1.50. The number of nitrogens with one attached hydrogen (secondary N) is 1. The summed E-state index contributed by atoms with van der Waals surface area (Å²) in [5, 5.41) is 7.25. The number of carbonyl (C=O) groups is 1. The molecular weight excluding hydrogens is 445 g/mol. The fraction of sp³-hybridized carbons (Fsp3) is 0.600. The molecule has 2 fully saturated rings. The van der Waals surface area contributed by atoms with Crippen LogP contribution >= 0.6 is 0 Å². The monoisotopic (exact) mass is 476 g/mol. The average Bonchev–Trinajstić information content (AvgIpc) is 3.28. The number of amides is 1. The number of fused-ring (bicyclic) bond motifs is 3. The van der Waals surface area contributed by atoms with E-state index in [-0.39, 0.29) is 40.6 Å². The minimum Gasteiger partial charge on any atom is -0.497 e. The lowest BCUT2D eigenvalue weighted by molar-refractivity contribution is -0.173. The van der Waals surface area contributed by atoms with Crippen molar-refractivity contribution in [3.8, 4) is 5.75 Å². The number of alkyl halides is 3. The molecular formula is C25H31F3N4O2. The summed E-state index contributed by atoms with van der Waals surface area (Å²) in [5.41, 5.74) is 1.03. The Morgan fingerprint density at radius 3 is 2.71 bits per heavy atom. The summed E-state index contributed by atoms with van der Waals surface area (Å²) in [6.07, 6.45) is -0.578. The van der Waals surface area contributed by atoms with E-state index in [2.05, 4.69) is 31.2 Å². The number of ether oxygens (including phenoxy) is 1. The van der Waals surface area contributed by atoms with Crippen LogP contribution < -0.4 is 10.1 Å². The van der Waals surface area contributed by atoms with E-state index in [4.69, 9.17) is 4.74 Å². The maximum atomic E-state index is 14.1. The summed E-state index contributed by atoms with van der Waals surface area (Å²) in [4.78, 5) is 15.6. The lowest BCUT2D eigenvalue weighted by atomic mass is 9.65. The first-order valence-corrected chi connectivity index (χ1v) is 11.7. The zero-order valence-corrected chi connectivity index (χ0v) is 19.9. The van der Waals surface area contributed by atoms with Gasteiger partial charge in [0, 0.05) is 19.0 Å². The second kappa shape index (κ2) is 7.65. The van der Waals surface area contributed by atoms with Crippen molar-refractivity contribution in [2.75, 3.05) is 19.0 Å². The summed E-state index contributed by atoms with van der Waals surface area (Å²) in [5.74, 6) is 0.461. The fourth-order valence-electron chi connectivity index (χ4n) is 6.65. The highest BCUT2D eigenvalue weighted by Gasteiger charge is 2.52. The summed E-state index contributed by atoms with van der Waals surface area (Å²) >= 11 is 0. The van der Waals surface area contributed by atoms with E-state index in [1.54, 1.807) is 24.3 Å². The smallest absolute Gasteiger partial charge is 0.410 e. The van der Waals surface area contributed by atoms with E-state index in [0.29, 0.717) is 17.9 Å². The SMILES string of the molecule is COc1cccc([C@H]2C[C@@H](C(F)(F)F)n3ncc(C(=O)N4CC5(C)CC4CC(C)(C)C5)c3N2)c1. The highest BCUT2D eigenvalue weighted by atomic mass is 19.4. The van der Waals surface area contributed by atoms with Crippen LogP contribution in [-0.2, 0) is 0 Å². The van der Waals surface area contributed by atoms with E-state index in [9.17, 15) is 18.0 Å². The van der Waals surface area contributed by atoms with Gasteiger partial charge in [-0.05, 0) is 47.8 Å². The lowest BCUT2D eigenvalue weighted by Gasteiger charge is -2.39. The molecule has 1 aromatic heterocycles. The number of carbonyl (C=O) groups excluding carboxylic acids is 1. The Morgan fingerprint density at radius 2 is 2.00 bits per heavy atom. The maximum absolute atomic E-state index is 14.1. The third-order valence-electron chi connectivity index (χ3n) is 7.64. The number of anilines is 1. The van der Waals surface area contributed by atoms with Gasteiger partial charge in [0.1, 0.15) is 17.1 Å². The molecule has 0 radical (unpaired) electrons. The Labute approximate surface area is 197 Å². The predicted molar refractivity (Wildman–Crippen MR) is 122 cm³/mol. The van der Waals surface area contributed by atoms with Crippen molar-refractivity contribution in [2.45, 2.75) is 70.8 Å². The van der Waals surface area contributed by atoms with E-state index in [1.165, 1.54) is 13.3 Å². The summed E-state index contributed by atoms with van der Waals surface area (Å²) in [6.45, 7) is 7.27. The van der Waals surface area contributed by atoms with Crippen molar-refractivity contribution < 1.29 is 22.7 Å². The van der Waals surface area contributed by atoms with Crippen LogP contribution in [0.2, 0.25) is 0 Å². The molecule has 3 heterocycles. The highest BCUT2D eigenvalue weighted by molar-refractivity contribution is 5.99. The van der Waals surface area contributed by atoms with Crippen LogP contribution in [0.4, 0.5) is 19.0 Å². The number of hydrogen-bond donors (Lipinski definition) is 1. The number of benzene rings is 1. The molecule has 4 atom stereocenters. The maximum Gasteiger partial charge on any atom is 0.410 e. The molecule has 1 aromatic carbocycles. The number of methoxy groups -OCH3 is 1. The molecule has 1 saturated carbocycles. The van der Waals surface area contributed by atoms with E-state index in [1.807, 2.05) is 4.90 Å². The van der Waals surface area contributed by atoms with Crippen LogP contribution in [0.15, 0.2) is 30.5 Å². The first-order valence-electron chi connectivity index (χ1n) is 11.7. The Hall–Kier alpha value is -2.71. The van der Waals surface area contributed by atoms with Crippen molar-refractivity contribution in [3.63, 3.8) is 0 Å². The predicted octanol–water partition coefficient (Wildman–Crippen LogP) is 5.59. The van der Waals surface area contributed by atoms with Crippen LogP contribution in [0, 0.1) is 10.8 Å². The van der Waals surface area contributed by atoms with Gasteiger partial charge in [-0.15, -0.1) is 0 Å². The number of rotatable bonds is 3. The first-order chi connectivity index (χ1) is 15.9. The molecule has 1 amide bonds.